The smallest absolute Gasteiger partial charge is 0.275 e. The fraction of sp³-hybridized carbons (Fsp3) is 0.333. The summed E-state index contributed by atoms with van der Waals surface area (Å²) in [6.45, 7) is 9.55. The minimum absolute atomic E-state index is 0.0115. The highest BCUT2D eigenvalue weighted by Gasteiger charge is 2.38. The average Bonchev–Trinajstić information content (AvgIpc) is 3.29. The van der Waals surface area contributed by atoms with Crippen molar-refractivity contribution in [1.82, 2.24) is 14.7 Å². The van der Waals surface area contributed by atoms with Crippen LogP contribution in [0.4, 0.5) is 11.4 Å². The molecule has 8 nitrogen and oxygen atoms in total. The second-order valence-electron chi connectivity index (χ2n) is 12.3. The molecule has 0 unspecified atom stereocenters. The number of halogens is 3. The number of nitrogens with zero attached hydrogens (tertiary/aromatic N) is 4. The Hall–Kier alpha value is -3.24. The molecule has 1 fully saturated rings. The first-order chi connectivity index (χ1) is 21.1. The van der Waals surface area contributed by atoms with Gasteiger partial charge in [-0.3, -0.25) is 9.52 Å². The topological polar surface area (TPSA) is 87.5 Å². The van der Waals surface area contributed by atoms with Crippen molar-refractivity contribution in [1.29, 1.82) is 0 Å². The van der Waals surface area contributed by atoms with Crippen molar-refractivity contribution in [3.8, 4) is 16.9 Å². The van der Waals surface area contributed by atoms with Crippen LogP contribution in [0.15, 0.2) is 66.7 Å². The third kappa shape index (κ3) is 7.43. The van der Waals surface area contributed by atoms with Gasteiger partial charge in [0.15, 0.2) is 5.69 Å². The highest BCUT2D eigenvalue weighted by Crippen LogP contribution is 2.36. The lowest BCUT2D eigenvalue weighted by atomic mass is 9.94. The number of hydrogen-bond acceptors (Lipinski definition) is 5. The van der Waals surface area contributed by atoms with Crippen molar-refractivity contribution in [2.24, 2.45) is 0 Å². The lowest BCUT2D eigenvalue weighted by Gasteiger charge is -2.45. The molecule has 2 heterocycles. The van der Waals surface area contributed by atoms with Gasteiger partial charge in [-0.1, -0.05) is 46.9 Å². The Morgan fingerprint density at radius 3 is 2.09 bits per heavy atom. The number of rotatable bonds is 7. The van der Waals surface area contributed by atoms with Crippen LogP contribution in [0.1, 0.15) is 49.7 Å². The quantitative estimate of drug-likeness (QED) is 0.212. The van der Waals surface area contributed by atoms with Crippen LogP contribution < -0.4 is 9.62 Å². The van der Waals surface area contributed by atoms with E-state index >= 15 is 0 Å². The zero-order valence-electron chi connectivity index (χ0n) is 25.8. The van der Waals surface area contributed by atoms with E-state index < -0.39 is 15.6 Å². The molecule has 1 aliphatic heterocycles. The van der Waals surface area contributed by atoms with Crippen LogP contribution in [0.5, 0.6) is 0 Å². The molecular weight excluding hydrogens is 653 g/mol. The monoisotopic (exact) mass is 687 g/mol. The van der Waals surface area contributed by atoms with Crippen LogP contribution in [-0.2, 0) is 10.0 Å². The van der Waals surface area contributed by atoms with Crippen molar-refractivity contribution in [3.05, 3.63) is 93.1 Å². The fourth-order valence-corrected chi connectivity index (χ4v) is 7.12. The maximum atomic E-state index is 14.5. The summed E-state index contributed by atoms with van der Waals surface area (Å²) in [5.74, 6) is -0.145. The largest absolute Gasteiger partial charge is 0.371 e. The molecular formula is C33H36Cl3N5O3S. The predicted octanol–water partition coefficient (Wildman–Crippen LogP) is 8.09. The number of anilines is 2. The number of carbonyl (C=O) groups is 1. The van der Waals surface area contributed by atoms with Gasteiger partial charge < -0.3 is 9.80 Å². The van der Waals surface area contributed by atoms with E-state index in [0.29, 0.717) is 32.1 Å². The number of piperidine rings is 1. The molecule has 0 spiro atoms. The van der Waals surface area contributed by atoms with Crippen LogP contribution in [0.2, 0.25) is 15.1 Å². The minimum Gasteiger partial charge on any atom is -0.371 e. The summed E-state index contributed by atoms with van der Waals surface area (Å²) in [6.07, 6.45) is 2.66. The lowest BCUT2D eigenvalue weighted by molar-refractivity contribution is 0.0385. The fourth-order valence-electron chi connectivity index (χ4n) is 5.94. The standard InChI is InChI=1S/C33H36Cl3N5O3S/c1-21-30(37-41(29-15-10-24(35)20-28(29)36)31(21)22-6-8-23(34)9-7-22)32(42)40(33(2,3)4)27-16-18-39(19-17-27)26-13-11-25(12-14-26)38-45(5,43)44/h6-15,20,27,38H,16-19H2,1-5H3. The van der Waals surface area contributed by atoms with Crippen molar-refractivity contribution in [3.63, 3.8) is 0 Å². The van der Waals surface area contributed by atoms with Crippen molar-refractivity contribution in [2.45, 2.75) is 52.1 Å². The Morgan fingerprint density at radius 2 is 1.53 bits per heavy atom. The van der Waals surface area contributed by atoms with E-state index in [0.717, 1.165) is 54.7 Å². The lowest BCUT2D eigenvalue weighted by Crippen LogP contribution is -2.55. The van der Waals surface area contributed by atoms with Gasteiger partial charge in [0.05, 0.1) is 22.7 Å². The molecule has 238 valence electrons. The van der Waals surface area contributed by atoms with E-state index in [1.54, 1.807) is 35.0 Å². The van der Waals surface area contributed by atoms with Gasteiger partial charge in [0.2, 0.25) is 10.0 Å². The van der Waals surface area contributed by atoms with Crippen LogP contribution in [-0.4, -0.2) is 59.9 Å². The first kappa shape index (κ1) is 33.1. The van der Waals surface area contributed by atoms with Crippen LogP contribution in [0, 0.1) is 6.92 Å². The number of sulfonamides is 1. The molecule has 0 atom stereocenters. The maximum Gasteiger partial charge on any atom is 0.275 e. The summed E-state index contributed by atoms with van der Waals surface area (Å²) in [7, 11) is -3.34. The molecule has 0 saturated carbocycles. The van der Waals surface area contributed by atoms with Gasteiger partial charge in [-0.2, -0.15) is 5.10 Å². The number of carbonyl (C=O) groups excluding carboxylic acids is 1. The number of benzene rings is 3. The Kier molecular flexibility index (Phi) is 9.48. The van der Waals surface area contributed by atoms with Gasteiger partial charge in [0.1, 0.15) is 0 Å². The van der Waals surface area contributed by atoms with Crippen LogP contribution in [0.3, 0.4) is 0 Å². The zero-order chi connectivity index (χ0) is 32.7. The van der Waals surface area contributed by atoms with E-state index in [4.69, 9.17) is 39.9 Å². The Morgan fingerprint density at radius 1 is 0.933 bits per heavy atom. The zero-order valence-corrected chi connectivity index (χ0v) is 28.9. The van der Waals surface area contributed by atoms with Gasteiger partial charge >= 0.3 is 0 Å². The van der Waals surface area contributed by atoms with Crippen molar-refractivity contribution >= 4 is 62.1 Å². The molecule has 0 radical (unpaired) electrons. The van der Waals surface area contributed by atoms with Crippen LogP contribution in [0.25, 0.3) is 16.9 Å². The molecule has 4 aromatic rings. The summed E-state index contributed by atoms with van der Waals surface area (Å²) >= 11 is 19.1. The molecule has 1 aliphatic rings. The highest BCUT2D eigenvalue weighted by molar-refractivity contribution is 7.92. The molecule has 0 bridgehead atoms. The third-order valence-electron chi connectivity index (χ3n) is 7.89. The van der Waals surface area contributed by atoms with Gasteiger partial charge in [-0.05, 0) is 95.1 Å². The second-order valence-corrected chi connectivity index (χ2v) is 15.4. The molecule has 1 amide bonds. The summed E-state index contributed by atoms with van der Waals surface area (Å²) in [6, 6.07) is 20.0. The summed E-state index contributed by atoms with van der Waals surface area (Å²) < 4.78 is 27.4. The molecule has 5 rings (SSSR count). The molecule has 45 heavy (non-hydrogen) atoms. The van der Waals surface area contributed by atoms with Crippen molar-refractivity contribution in [2.75, 3.05) is 29.0 Å². The summed E-state index contributed by atoms with van der Waals surface area (Å²) in [5.41, 5.74) is 4.36. The molecule has 1 N–H and O–H groups in total. The first-order valence-corrected chi connectivity index (χ1v) is 17.6. The number of aromatic nitrogens is 2. The normalized spacial score (nSPS) is 14.4. The predicted molar refractivity (Wildman–Crippen MR) is 185 cm³/mol. The third-order valence-corrected chi connectivity index (χ3v) is 9.28. The molecule has 1 aromatic heterocycles. The van der Waals surface area contributed by atoms with Crippen molar-refractivity contribution < 1.29 is 13.2 Å². The second kappa shape index (κ2) is 12.9. The Balaban J connectivity index is 1.45. The Labute approximate surface area is 279 Å². The van der Waals surface area contributed by atoms with E-state index in [2.05, 4.69) is 9.62 Å². The summed E-state index contributed by atoms with van der Waals surface area (Å²) in [4.78, 5) is 18.8. The Bertz CT molecular complexity index is 1810. The number of nitrogens with one attached hydrogen (secondary N) is 1. The summed E-state index contributed by atoms with van der Waals surface area (Å²) in [5, 5.41) is 6.43. The van der Waals surface area contributed by atoms with E-state index in [1.165, 1.54) is 0 Å². The first-order valence-electron chi connectivity index (χ1n) is 14.6. The van der Waals surface area contributed by atoms with Crippen LogP contribution >= 0.6 is 34.8 Å². The molecule has 12 heteroatoms. The number of hydrogen-bond donors (Lipinski definition) is 1. The van der Waals surface area contributed by atoms with E-state index in [-0.39, 0.29) is 11.9 Å². The van der Waals surface area contributed by atoms with E-state index in [1.807, 2.05) is 69.0 Å². The number of amides is 1. The molecule has 1 saturated heterocycles. The highest BCUT2D eigenvalue weighted by atomic mass is 35.5. The minimum atomic E-state index is -3.34. The maximum absolute atomic E-state index is 14.5. The molecule has 3 aromatic carbocycles. The SMILES string of the molecule is Cc1c(C(=O)N(C2CCN(c3ccc(NS(C)(=O)=O)cc3)CC2)C(C)(C)C)nn(-c2ccc(Cl)cc2Cl)c1-c1ccc(Cl)cc1. The van der Waals surface area contributed by atoms with Gasteiger partial charge in [-0.25, -0.2) is 13.1 Å². The molecule has 0 aliphatic carbocycles. The average molecular weight is 689 g/mol. The van der Waals surface area contributed by atoms with Gasteiger partial charge in [0.25, 0.3) is 5.91 Å². The van der Waals surface area contributed by atoms with Gasteiger partial charge in [0, 0.05) is 57.2 Å². The van der Waals surface area contributed by atoms with Gasteiger partial charge in [-0.15, -0.1) is 0 Å². The van der Waals surface area contributed by atoms with E-state index in [9.17, 15) is 13.2 Å².